The SMILES string of the molecule is CCOc1ccc(NC(=O)COc2cccc(/C=C3\SC(=S)N(Cc4ccccc4)C3=O)c2)cc1. The maximum atomic E-state index is 12.9. The van der Waals surface area contributed by atoms with Crippen LogP contribution in [-0.2, 0) is 16.1 Å². The molecule has 0 aliphatic carbocycles. The predicted molar refractivity (Wildman–Crippen MR) is 143 cm³/mol. The van der Waals surface area contributed by atoms with Crippen molar-refractivity contribution in [1.29, 1.82) is 0 Å². The van der Waals surface area contributed by atoms with Gasteiger partial charge in [-0.1, -0.05) is 66.4 Å². The maximum Gasteiger partial charge on any atom is 0.266 e. The fraction of sp³-hybridized carbons (Fsp3) is 0.148. The molecule has 3 aromatic rings. The van der Waals surface area contributed by atoms with Crippen molar-refractivity contribution in [3.63, 3.8) is 0 Å². The van der Waals surface area contributed by atoms with Crippen molar-refractivity contribution in [1.82, 2.24) is 4.90 Å². The van der Waals surface area contributed by atoms with Gasteiger partial charge in [0.05, 0.1) is 18.1 Å². The molecule has 0 saturated carbocycles. The highest BCUT2D eigenvalue weighted by Gasteiger charge is 2.31. The van der Waals surface area contributed by atoms with Crippen molar-refractivity contribution in [2.24, 2.45) is 0 Å². The van der Waals surface area contributed by atoms with Crippen LogP contribution in [0.1, 0.15) is 18.1 Å². The van der Waals surface area contributed by atoms with E-state index in [1.807, 2.05) is 49.4 Å². The van der Waals surface area contributed by atoms with Crippen LogP contribution >= 0.6 is 24.0 Å². The summed E-state index contributed by atoms with van der Waals surface area (Å²) in [6.07, 6.45) is 1.79. The third-order valence-corrected chi connectivity index (χ3v) is 6.41. The second kappa shape index (κ2) is 11.7. The van der Waals surface area contributed by atoms with Gasteiger partial charge in [-0.25, -0.2) is 0 Å². The summed E-state index contributed by atoms with van der Waals surface area (Å²) in [6, 6.07) is 24.1. The summed E-state index contributed by atoms with van der Waals surface area (Å²) >= 11 is 6.71. The van der Waals surface area contributed by atoms with Crippen molar-refractivity contribution < 1.29 is 19.1 Å². The van der Waals surface area contributed by atoms with Crippen LogP contribution < -0.4 is 14.8 Å². The van der Waals surface area contributed by atoms with E-state index in [0.717, 1.165) is 16.9 Å². The summed E-state index contributed by atoms with van der Waals surface area (Å²) < 4.78 is 11.6. The number of carbonyl (C=O) groups excluding carboxylic acids is 2. The normalized spacial score (nSPS) is 14.3. The highest BCUT2D eigenvalue weighted by molar-refractivity contribution is 8.26. The Morgan fingerprint density at radius 3 is 2.51 bits per heavy atom. The van der Waals surface area contributed by atoms with Gasteiger partial charge in [0.15, 0.2) is 6.61 Å². The zero-order valence-corrected chi connectivity index (χ0v) is 20.7. The molecule has 3 aromatic carbocycles. The van der Waals surface area contributed by atoms with Crippen molar-refractivity contribution in [2.45, 2.75) is 13.5 Å². The smallest absolute Gasteiger partial charge is 0.266 e. The first-order valence-corrected chi connectivity index (χ1v) is 12.3. The summed E-state index contributed by atoms with van der Waals surface area (Å²) in [4.78, 5) is 27.3. The third kappa shape index (κ3) is 6.71. The van der Waals surface area contributed by atoms with E-state index in [4.69, 9.17) is 21.7 Å². The minimum Gasteiger partial charge on any atom is -0.494 e. The topological polar surface area (TPSA) is 67.9 Å². The first-order valence-electron chi connectivity index (χ1n) is 11.1. The van der Waals surface area contributed by atoms with Gasteiger partial charge in [0.1, 0.15) is 15.8 Å². The number of ether oxygens (including phenoxy) is 2. The van der Waals surface area contributed by atoms with Crippen LogP contribution in [0.5, 0.6) is 11.5 Å². The zero-order chi connectivity index (χ0) is 24.6. The lowest BCUT2D eigenvalue weighted by Gasteiger charge is -2.14. The molecule has 35 heavy (non-hydrogen) atoms. The minimum atomic E-state index is -0.277. The molecule has 0 radical (unpaired) electrons. The molecule has 0 aromatic heterocycles. The summed E-state index contributed by atoms with van der Waals surface area (Å²) in [5.41, 5.74) is 2.46. The van der Waals surface area contributed by atoms with E-state index < -0.39 is 0 Å². The first kappa shape index (κ1) is 24.5. The highest BCUT2D eigenvalue weighted by Crippen LogP contribution is 2.34. The molecule has 6 nitrogen and oxygen atoms in total. The fourth-order valence-corrected chi connectivity index (χ4v) is 4.65. The molecule has 0 unspecified atom stereocenters. The molecule has 0 bridgehead atoms. The molecule has 178 valence electrons. The molecule has 1 fully saturated rings. The summed E-state index contributed by atoms with van der Waals surface area (Å²) in [7, 11) is 0. The van der Waals surface area contributed by atoms with Crippen LogP contribution in [0.3, 0.4) is 0 Å². The molecule has 4 rings (SSSR count). The number of benzene rings is 3. The Bertz CT molecular complexity index is 1240. The number of nitrogens with zero attached hydrogens (tertiary/aromatic N) is 1. The van der Waals surface area contributed by atoms with E-state index in [2.05, 4.69) is 5.32 Å². The number of hydrogen-bond acceptors (Lipinski definition) is 6. The van der Waals surface area contributed by atoms with Crippen molar-refractivity contribution in [2.75, 3.05) is 18.5 Å². The van der Waals surface area contributed by atoms with Gasteiger partial charge >= 0.3 is 0 Å². The Kier molecular flexibility index (Phi) is 8.18. The Labute approximate surface area is 213 Å². The van der Waals surface area contributed by atoms with Gasteiger partial charge in [0.25, 0.3) is 11.8 Å². The molecule has 1 aliphatic heterocycles. The largest absolute Gasteiger partial charge is 0.494 e. The Hall–Kier alpha value is -3.62. The molecule has 1 heterocycles. The quantitative estimate of drug-likeness (QED) is 0.306. The molecular weight excluding hydrogens is 480 g/mol. The standard InChI is InChI=1S/C27H24N2O4S2/c1-2-32-22-13-11-21(12-14-22)28-25(30)18-33-23-10-6-9-20(15-23)16-24-26(31)29(27(34)35-24)17-19-7-4-3-5-8-19/h3-16H,2,17-18H2,1H3,(H,28,30)/b24-16-. The maximum absolute atomic E-state index is 12.9. The second-order valence-electron chi connectivity index (χ2n) is 7.62. The van der Waals surface area contributed by atoms with Gasteiger partial charge < -0.3 is 14.8 Å². The van der Waals surface area contributed by atoms with Crippen LogP contribution in [0.25, 0.3) is 6.08 Å². The van der Waals surface area contributed by atoms with Gasteiger partial charge in [-0.05, 0) is 60.5 Å². The van der Waals surface area contributed by atoms with E-state index in [0.29, 0.717) is 33.8 Å². The summed E-state index contributed by atoms with van der Waals surface area (Å²) in [6.45, 7) is 2.80. The van der Waals surface area contributed by atoms with Gasteiger partial charge in [0.2, 0.25) is 0 Å². The van der Waals surface area contributed by atoms with E-state index in [1.54, 1.807) is 47.4 Å². The van der Waals surface area contributed by atoms with Crippen molar-refractivity contribution in [3.8, 4) is 11.5 Å². The van der Waals surface area contributed by atoms with Crippen molar-refractivity contribution >= 4 is 51.9 Å². The third-order valence-electron chi connectivity index (χ3n) is 5.03. The van der Waals surface area contributed by atoms with Crippen LogP contribution in [0.4, 0.5) is 5.69 Å². The average Bonchev–Trinajstić information content (AvgIpc) is 3.12. The molecule has 0 atom stereocenters. The Balaban J connectivity index is 1.35. The first-order chi connectivity index (χ1) is 17.0. The van der Waals surface area contributed by atoms with Gasteiger partial charge in [-0.3, -0.25) is 14.5 Å². The molecular formula is C27H24N2O4S2. The van der Waals surface area contributed by atoms with E-state index in [1.165, 1.54) is 11.8 Å². The van der Waals surface area contributed by atoms with Gasteiger partial charge in [-0.15, -0.1) is 0 Å². The predicted octanol–water partition coefficient (Wildman–Crippen LogP) is 5.50. The number of hydrogen-bond donors (Lipinski definition) is 1. The number of thioether (sulfide) groups is 1. The van der Waals surface area contributed by atoms with E-state index in [-0.39, 0.29) is 18.4 Å². The Morgan fingerprint density at radius 2 is 1.77 bits per heavy atom. The number of thiocarbonyl (C=S) groups is 1. The summed E-state index contributed by atoms with van der Waals surface area (Å²) in [5.74, 6) is 0.877. The van der Waals surface area contributed by atoms with Gasteiger partial charge in [0, 0.05) is 5.69 Å². The minimum absolute atomic E-state index is 0.120. The molecule has 1 saturated heterocycles. The molecule has 1 N–H and O–H groups in total. The van der Waals surface area contributed by atoms with Gasteiger partial charge in [-0.2, -0.15) is 0 Å². The molecule has 2 amide bonds. The van der Waals surface area contributed by atoms with Crippen LogP contribution in [0, 0.1) is 0 Å². The molecule has 0 spiro atoms. The van der Waals surface area contributed by atoms with E-state index in [9.17, 15) is 9.59 Å². The lowest BCUT2D eigenvalue weighted by Crippen LogP contribution is -2.27. The van der Waals surface area contributed by atoms with Crippen LogP contribution in [0.2, 0.25) is 0 Å². The second-order valence-corrected chi connectivity index (χ2v) is 9.30. The monoisotopic (exact) mass is 504 g/mol. The molecule has 1 aliphatic rings. The lowest BCUT2D eigenvalue weighted by molar-refractivity contribution is -0.122. The van der Waals surface area contributed by atoms with Crippen LogP contribution in [-0.4, -0.2) is 34.2 Å². The van der Waals surface area contributed by atoms with E-state index >= 15 is 0 Å². The number of nitrogens with one attached hydrogen (secondary N) is 1. The number of rotatable bonds is 9. The number of carbonyl (C=O) groups is 2. The Morgan fingerprint density at radius 1 is 1.00 bits per heavy atom. The zero-order valence-electron chi connectivity index (χ0n) is 19.1. The summed E-state index contributed by atoms with van der Waals surface area (Å²) in [5, 5.41) is 2.79. The molecule has 8 heteroatoms. The lowest BCUT2D eigenvalue weighted by atomic mass is 10.2. The number of amides is 2. The van der Waals surface area contributed by atoms with Crippen molar-refractivity contribution in [3.05, 3.63) is 94.9 Å². The number of anilines is 1. The average molecular weight is 505 g/mol. The fourth-order valence-electron chi connectivity index (χ4n) is 3.39. The van der Waals surface area contributed by atoms with Crippen LogP contribution in [0.15, 0.2) is 83.8 Å². The highest BCUT2D eigenvalue weighted by atomic mass is 32.2.